The van der Waals surface area contributed by atoms with Crippen LogP contribution in [0.1, 0.15) is 32.9 Å². The molecule has 0 saturated heterocycles. The molecule has 1 aliphatic rings. The van der Waals surface area contributed by atoms with Crippen molar-refractivity contribution in [2.45, 2.75) is 12.5 Å². The number of halogens is 1. The molecular formula is C24H17FN4O2S. The number of furan rings is 1. The Morgan fingerprint density at radius 2 is 2.06 bits per heavy atom. The summed E-state index contributed by atoms with van der Waals surface area (Å²) in [5.41, 5.74) is 3.21. The number of para-hydroxylation sites is 1. The van der Waals surface area contributed by atoms with Crippen LogP contribution in [-0.2, 0) is 6.42 Å². The number of aromatic amines is 1. The third kappa shape index (κ3) is 3.11. The fourth-order valence-electron chi connectivity index (χ4n) is 4.19. The van der Waals surface area contributed by atoms with Crippen LogP contribution in [0.5, 0.6) is 0 Å². The Labute approximate surface area is 186 Å². The molecule has 2 aromatic carbocycles. The van der Waals surface area contributed by atoms with Crippen molar-refractivity contribution in [3.63, 3.8) is 0 Å². The molecule has 158 valence electrons. The number of hydrogen-bond acceptors (Lipinski definition) is 5. The molecule has 6 nitrogen and oxygen atoms in total. The number of H-pyrrole nitrogens is 1. The van der Waals surface area contributed by atoms with Crippen molar-refractivity contribution in [3.05, 3.63) is 95.0 Å². The molecule has 1 aliphatic heterocycles. The third-order valence-corrected chi connectivity index (χ3v) is 6.72. The quantitative estimate of drug-likeness (QED) is 0.415. The van der Waals surface area contributed by atoms with Crippen LogP contribution in [0.25, 0.3) is 21.5 Å². The van der Waals surface area contributed by atoms with Gasteiger partial charge >= 0.3 is 0 Å². The van der Waals surface area contributed by atoms with E-state index in [1.54, 1.807) is 29.6 Å². The fraction of sp³-hybridized carbons (Fsp3) is 0.125. The van der Waals surface area contributed by atoms with Gasteiger partial charge < -0.3 is 14.3 Å². The van der Waals surface area contributed by atoms with Gasteiger partial charge in [0.05, 0.1) is 18.2 Å². The lowest BCUT2D eigenvalue weighted by molar-refractivity contribution is 0.0677. The molecule has 5 aromatic rings. The van der Waals surface area contributed by atoms with Gasteiger partial charge in [-0.2, -0.15) is 0 Å². The molecule has 32 heavy (non-hydrogen) atoms. The highest BCUT2D eigenvalue weighted by molar-refractivity contribution is 7.16. The Balaban J connectivity index is 1.39. The molecular weight excluding hydrogens is 427 g/mol. The molecule has 6 rings (SSSR count). The van der Waals surface area contributed by atoms with Crippen molar-refractivity contribution >= 4 is 28.2 Å². The van der Waals surface area contributed by atoms with Crippen molar-refractivity contribution in [3.8, 4) is 10.6 Å². The van der Waals surface area contributed by atoms with Crippen molar-refractivity contribution < 1.29 is 13.6 Å². The van der Waals surface area contributed by atoms with E-state index in [-0.39, 0.29) is 11.7 Å². The van der Waals surface area contributed by atoms with Gasteiger partial charge in [-0.1, -0.05) is 30.3 Å². The lowest BCUT2D eigenvalue weighted by Gasteiger charge is -2.33. The number of rotatable bonds is 3. The van der Waals surface area contributed by atoms with Gasteiger partial charge in [0.1, 0.15) is 33.1 Å². The number of imidazole rings is 1. The van der Waals surface area contributed by atoms with Gasteiger partial charge in [-0.25, -0.2) is 14.4 Å². The first kappa shape index (κ1) is 18.9. The summed E-state index contributed by atoms with van der Waals surface area (Å²) in [7, 11) is 0. The summed E-state index contributed by atoms with van der Waals surface area (Å²) >= 11 is 1.25. The summed E-state index contributed by atoms with van der Waals surface area (Å²) < 4.78 is 19.8. The lowest BCUT2D eigenvalue weighted by atomic mass is 10.00. The largest absolute Gasteiger partial charge is 0.458 e. The van der Waals surface area contributed by atoms with E-state index in [4.69, 9.17) is 4.42 Å². The van der Waals surface area contributed by atoms with Gasteiger partial charge in [0.25, 0.3) is 5.91 Å². The van der Waals surface area contributed by atoms with Crippen LogP contribution in [0.3, 0.4) is 0 Å². The zero-order valence-electron chi connectivity index (χ0n) is 16.8. The maximum atomic E-state index is 13.6. The van der Waals surface area contributed by atoms with Crippen LogP contribution in [0.2, 0.25) is 0 Å². The first-order valence-corrected chi connectivity index (χ1v) is 11.0. The maximum Gasteiger partial charge on any atom is 0.266 e. The lowest BCUT2D eigenvalue weighted by Crippen LogP contribution is -2.40. The van der Waals surface area contributed by atoms with E-state index < -0.39 is 6.04 Å². The number of thiazole rings is 1. The summed E-state index contributed by atoms with van der Waals surface area (Å²) in [6.07, 6.45) is 3.89. The minimum Gasteiger partial charge on any atom is -0.458 e. The summed E-state index contributed by atoms with van der Waals surface area (Å²) in [4.78, 5) is 27.9. The number of aromatic nitrogens is 3. The second kappa shape index (κ2) is 7.42. The second-order valence-electron chi connectivity index (χ2n) is 7.64. The predicted octanol–water partition coefficient (Wildman–Crippen LogP) is 5.21. The van der Waals surface area contributed by atoms with E-state index >= 15 is 0 Å². The number of amides is 1. The van der Waals surface area contributed by atoms with E-state index in [0.717, 1.165) is 22.4 Å². The summed E-state index contributed by atoms with van der Waals surface area (Å²) in [6, 6.07) is 15.5. The van der Waals surface area contributed by atoms with Crippen molar-refractivity contribution in [1.82, 2.24) is 19.9 Å². The molecule has 0 bridgehead atoms. The standard InChI is InChI=1S/C24H17FN4O2S/c25-16-6-3-5-15(10-16)23-26-12-20(32-23)24(30)29-9-8-17-21(28-13-27-17)22(29)19-11-14-4-1-2-7-18(14)31-19/h1-7,10-13,22H,8-9H2,(H,27,28)/t22-/m1/s1. The second-order valence-corrected chi connectivity index (χ2v) is 8.67. The minimum atomic E-state index is -0.440. The first-order valence-electron chi connectivity index (χ1n) is 10.2. The van der Waals surface area contributed by atoms with Gasteiger partial charge in [0.15, 0.2) is 0 Å². The van der Waals surface area contributed by atoms with Crippen molar-refractivity contribution in [1.29, 1.82) is 0 Å². The molecule has 0 unspecified atom stereocenters. The highest BCUT2D eigenvalue weighted by Gasteiger charge is 2.37. The third-order valence-electron chi connectivity index (χ3n) is 5.69. The Morgan fingerprint density at radius 3 is 2.94 bits per heavy atom. The van der Waals surface area contributed by atoms with Gasteiger partial charge in [-0.15, -0.1) is 11.3 Å². The molecule has 0 fully saturated rings. The van der Waals surface area contributed by atoms with Crippen LogP contribution in [0.4, 0.5) is 4.39 Å². The fourth-order valence-corrected chi connectivity index (χ4v) is 5.06. The molecule has 0 aliphatic carbocycles. The molecule has 0 saturated carbocycles. The minimum absolute atomic E-state index is 0.149. The van der Waals surface area contributed by atoms with Crippen LogP contribution in [0, 0.1) is 5.82 Å². The Morgan fingerprint density at radius 1 is 1.16 bits per heavy atom. The topological polar surface area (TPSA) is 75.0 Å². The Bertz CT molecular complexity index is 1420. The first-order chi connectivity index (χ1) is 15.7. The number of nitrogens with one attached hydrogen (secondary N) is 1. The number of benzene rings is 2. The molecule has 1 atom stereocenters. The van der Waals surface area contributed by atoms with E-state index in [1.807, 2.05) is 30.3 Å². The SMILES string of the molecule is O=C(c1cnc(-c2cccc(F)c2)s1)N1CCc2[nH]cnc2[C@H]1c1cc2ccccc2o1. The van der Waals surface area contributed by atoms with Crippen LogP contribution in [0.15, 0.2) is 71.5 Å². The summed E-state index contributed by atoms with van der Waals surface area (Å²) in [5.74, 6) is 0.185. The maximum absolute atomic E-state index is 13.6. The zero-order valence-corrected chi connectivity index (χ0v) is 17.6. The average Bonchev–Trinajstić information content (AvgIpc) is 3.56. The monoisotopic (exact) mass is 444 g/mol. The molecule has 1 N–H and O–H groups in total. The molecule has 3 aromatic heterocycles. The number of hydrogen-bond donors (Lipinski definition) is 1. The van der Waals surface area contributed by atoms with E-state index in [1.165, 1.54) is 23.5 Å². The van der Waals surface area contributed by atoms with Crippen molar-refractivity contribution in [2.75, 3.05) is 6.54 Å². The van der Waals surface area contributed by atoms with Gasteiger partial charge in [0.2, 0.25) is 0 Å². The Kier molecular flexibility index (Phi) is 4.39. The van der Waals surface area contributed by atoms with Gasteiger partial charge in [-0.05, 0) is 24.3 Å². The zero-order chi connectivity index (χ0) is 21.7. The van der Waals surface area contributed by atoms with E-state index in [2.05, 4.69) is 15.0 Å². The number of carbonyl (C=O) groups excluding carboxylic acids is 1. The number of fused-ring (bicyclic) bond motifs is 2. The average molecular weight is 444 g/mol. The molecule has 8 heteroatoms. The van der Waals surface area contributed by atoms with Crippen LogP contribution in [-0.4, -0.2) is 32.3 Å². The number of carbonyl (C=O) groups is 1. The molecule has 0 spiro atoms. The highest BCUT2D eigenvalue weighted by atomic mass is 32.1. The number of nitrogens with zero attached hydrogens (tertiary/aromatic N) is 3. The van der Waals surface area contributed by atoms with Gasteiger partial charge in [0, 0.05) is 29.6 Å². The Hall–Kier alpha value is -3.78. The van der Waals surface area contributed by atoms with Crippen LogP contribution >= 0.6 is 11.3 Å². The molecule has 4 heterocycles. The summed E-state index contributed by atoms with van der Waals surface area (Å²) in [6.45, 7) is 0.517. The van der Waals surface area contributed by atoms with Crippen molar-refractivity contribution in [2.24, 2.45) is 0 Å². The van der Waals surface area contributed by atoms with Crippen LogP contribution < -0.4 is 0 Å². The van der Waals surface area contributed by atoms with E-state index in [9.17, 15) is 9.18 Å². The normalized spacial score (nSPS) is 15.8. The summed E-state index contributed by atoms with van der Waals surface area (Å²) in [5, 5.41) is 1.58. The molecule has 1 amide bonds. The molecule has 0 radical (unpaired) electrons. The van der Waals surface area contributed by atoms with E-state index in [0.29, 0.717) is 34.2 Å². The highest BCUT2D eigenvalue weighted by Crippen LogP contribution is 2.38. The van der Waals surface area contributed by atoms with Gasteiger partial charge in [-0.3, -0.25) is 4.79 Å². The smallest absolute Gasteiger partial charge is 0.266 e. The predicted molar refractivity (Wildman–Crippen MR) is 119 cm³/mol.